The number of rotatable bonds is 7. The molecular weight excluding hydrogens is 238 g/mol. The molecule has 0 bridgehead atoms. The van der Waals surface area contributed by atoms with E-state index in [-0.39, 0.29) is 0 Å². The summed E-state index contributed by atoms with van der Waals surface area (Å²) in [4.78, 5) is 13.0. The molecule has 1 aliphatic rings. The maximum absolute atomic E-state index is 10.4. The van der Waals surface area contributed by atoms with E-state index < -0.39 is 5.97 Å². The van der Waals surface area contributed by atoms with Crippen molar-refractivity contribution in [2.24, 2.45) is 0 Å². The molecular formula is C16H21NO2. The van der Waals surface area contributed by atoms with Crippen molar-refractivity contribution in [3.63, 3.8) is 0 Å². The van der Waals surface area contributed by atoms with Crippen LogP contribution in [0.3, 0.4) is 0 Å². The minimum absolute atomic E-state index is 0.784. The molecule has 0 aromatic heterocycles. The lowest BCUT2D eigenvalue weighted by atomic mass is 10.1. The van der Waals surface area contributed by atoms with Crippen molar-refractivity contribution in [1.82, 2.24) is 4.90 Å². The Labute approximate surface area is 114 Å². The molecule has 0 atom stereocenters. The van der Waals surface area contributed by atoms with E-state index >= 15 is 0 Å². The average Bonchev–Trinajstić information content (AvgIpc) is 3.21. The van der Waals surface area contributed by atoms with Gasteiger partial charge in [-0.15, -0.1) is 0 Å². The number of nitrogens with zero attached hydrogens (tertiary/aromatic N) is 1. The molecule has 1 saturated carbocycles. The molecule has 0 radical (unpaired) electrons. The Morgan fingerprint density at radius 3 is 2.58 bits per heavy atom. The lowest BCUT2D eigenvalue weighted by molar-refractivity contribution is -0.131. The first-order valence-electron chi connectivity index (χ1n) is 6.93. The van der Waals surface area contributed by atoms with Crippen molar-refractivity contribution in [3.8, 4) is 0 Å². The fraction of sp³-hybridized carbons (Fsp3) is 0.438. The third kappa shape index (κ3) is 4.52. The Balaban J connectivity index is 1.95. The second kappa shape index (κ2) is 6.53. The molecule has 0 unspecified atom stereocenters. The van der Waals surface area contributed by atoms with Gasteiger partial charge >= 0.3 is 5.97 Å². The van der Waals surface area contributed by atoms with Gasteiger partial charge in [-0.05, 0) is 43.0 Å². The number of hydrogen-bond acceptors (Lipinski definition) is 2. The highest BCUT2D eigenvalue weighted by atomic mass is 16.4. The maximum Gasteiger partial charge on any atom is 0.328 e. The van der Waals surface area contributed by atoms with Gasteiger partial charge in [-0.1, -0.05) is 31.2 Å². The molecule has 3 heteroatoms. The zero-order chi connectivity index (χ0) is 13.7. The summed E-state index contributed by atoms with van der Waals surface area (Å²) in [6.45, 7) is 4.38. The van der Waals surface area contributed by atoms with E-state index in [1.807, 2.05) is 12.1 Å². The number of carboxylic acids is 1. The quantitative estimate of drug-likeness (QED) is 0.765. The van der Waals surface area contributed by atoms with Gasteiger partial charge in [-0.2, -0.15) is 0 Å². The van der Waals surface area contributed by atoms with Crippen LogP contribution in [0.4, 0.5) is 0 Å². The first-order chi connectivity index (χ1) is 9.19. The summed E-state index contributed by atoms with van der Waals surface area (Å²) in [6.07, 6.45) is 6.65. The molecule has 0 amide bonds. The van der Waals surface area contributed by atoms with E-state index in [4.69, 9.17) is 5.11 Å². The Kier molecular flexibility index (Phi) is 4.74. The molecule has 0 spiro atoms. The van der Waals surface area contributed by atoms with Crippen molar-refractivity contribution in [2.75, 3.05) is 6.54 Å². The van der Waals surface area contributed by atoms with Crippen molar-refractivity contribution < 1.29 is 9.90 Å². The van der Waals surface area contributed by atoms with Gasteiger partial charge in [0.25, 0.3) is 0 Å². The summed E-state index contributed by atoms with van der Waals surface area (Å²) >= 11 is 0. The van der Waals surface area contributed by atoms with Crippen molar-refractivity contribution >= 4 is 12.0 Å². The molecule has 1 aliphatic carbocycles. The van der Waals surface area contributed by atoms with Crippen molar-refractivity contribution in [3.05, 3.63) is 41.5 Å². The van der Waals surface area contributed by atoms with Gasteiger partial charge in [0.1, 0.15) is 0 Å². The van der Waals surface area contributed by atoms with Gasteiger partial charge in [0, 0.05) is 18.7 Å². The molecule has 1 fully saturated rings. The Morgan fingerprint density at radius 2 is 2.05 bits per heavy atom. The molecule has 102 valence electrons. The molecule has 0 heterocycles. The molecule has 19 heavy (non-hydrogen) atoms. The standard InChI is InChI=1S/C16H21NO2/c1-2-11-17(15-8-9-15)12-14-5-3-13(4-6-14)7-10-16(18)19/h3-7,10,15H,2,8-9,11-12H2,1H3,(H,18,19). The first kappa shape index (κ1) is 13.8. The monoisotopic (exact) mass is 259 g/mol. The van der Waals surface area contributed by atoms with Crippen LogP contribution in [0.1, 0.15) is 37.3 Å². The van der Waals surface area contributed by atoms with Crippen LogP contribution in [0.15, 0.2) is 30.3 Å². The summed E-state index contributed by atoms with van der Waals surface area (Å²) in [6, 6.07) is 8.92. The second-order valence-corrected chi connectivity index (χ2v) is 5.11. The van der Waals surface area contributed by atoms with Gasteiger partial charge in [0.15, 0.2) is 0 Å². The molecule has 2 rings (SSSR count). The van der Waals surface area contributed by atoms with Gasteiger partial charge in [-0.3, -0.25) is 4.90 Å². The van der Waals surface area contributed by atoms with Crippen LogP contribution in [0, 0.1) is 0 Å². The topological polar surface area (TPSA) is 40.5 Å². The lowest BCUT2D eigenvalue weighted by Crippen LogP contribution is -2.26. The van der Waals surface area contributed by atoms with Gasteiger partial charge in [0.05, 0.1) is 0 Å². The zero-order valence-corrected chi connectivity index (χ0v) is 11.4. The fourth-order valence-corrected chi connectivity index (χ4v) is 2.25. The van der Waals surface area contributed by atoms with Gasteiger partial charge in [0.2, 0.25) is 0 Å². The summed E-state index contributed by atoms with van der Waals surface area (Å²) in [5, 5.41) is 8.58. The third-order valence-electron chi connectivity index (χ3n) is 3.36. The van der Waals surface area contributed by atoms with Crippen LogP contribution in [-0.4, -0.2) is 28.6 Å². The Morgan fingerprint density at radius 1 is 1.37 bits per heavy atom. The largest absolute Gasteiger partial charge is 0.478 e. The normalized spacial score (nSPS) is 15.3. The minimum atomic E-state index is -0.910. The van der Waals surface area contributed by atoms with E-state index in [2.05, 4.69) is 24.0 Å². The Bertz CT molecular complexity index is 446. The lowest BCUT2D eigenvalue weighted by Gasteiger charge is -2.21. The highest BCUT2D eigenvalue weighted by molar-refractivity contribution is 5.85. The van der Waals surface area contributed by atoms with Gasteiger partial charge in [-0.25, -0.2) is 4.79 Å². The van der Waals surface area contributed by atoms with Crippen LogP contribution >= 0.6 is 0 Å². The van der Waals surface area contributed by atoms with Crippen LogP contribution in [0.5, 0.6) is 0 Å². The number of hydrogen-bond donors (Lipinski definition) is 1. The third-order valence-corrected chi connectivity index (χ3v) is 3.36. The van der Waals surface area contributed by atoms with Crippen molar-refractivity contribution in [2.45, 2.75) is 38.8 Å². The van der Waals surface area contributed by atoms with Gasteiger partial charge < -0.3 is 5.11 Å². The summed E-state index contributed by atoms with van der Waals surface area (Å²) < 4.78 is 0. The predicted molar refractivity (Wildman–Crippen MR) is 76.8 cm³/mol. The van der Waals surface area contributed by atoms with E-state index in [1.165, 1.54) is 30.9 Å². The molecule has 0 aliphatic heterocycles. The minimum Gasteiger partial charge on any atom is -0.478 e. The molecule has 1 aromatic carbocycles. The predicted octanol–water partition coefficient (Wildman–Crippen LogP) is 3.16. The highest BCUT2D eigenvalue weighted by Gasteiger charge is 2.27. The Hall–Kier alpha value is -1.61. The number of carbonyl (C=O) groups is 1. The average molecular weight is 259 g/mol. The smallest absolute Gasteiger partial charge is 0.328 e. The first-order valence-corrected chi connectivity index (χ1v) is 6.93. The number of carboxylic acid groups (broad SMARTS) is 1. The van der Waals surface area contributed by atoms with Crippen LogP contribution in [0.2, 0.25) is 0 Å². The van der Waals surface area contributed by atoms with E-state index in [9.17, 15) is 4.79 Å². The van der Waals surface area contributed by atoms with E-state index in [1.54, 1.807) is 6.08 Å². The van der Waals surface area contributed by atoms with Crippen molar-refractivity contribution in [1.29, 1.82) is 0 Å². The summed E-state index contributed by atoms with van der Waals surface area (Å²) in [5.74, 6) is -0.910. The molecule has 1 N–H and O–H groups in total. The number of benzene rings is 1. The van der Waals surface area contributed by atoms with Crippen LogP contribution < -0.4 is 0 Å². The summed E-state index contributed by atoms with van der Waals surface area (Å²) in [5.41, 5.74) is 2.23. The van der Waals surface area contributed by atoms with E-state index in [0.29, 0.717) is 0 Å². The highest BCUT2D eigenvalue weighted by Crippen LogP contribution is 2.28. The molecule has 3 nitrogen and oxygen atoms in total. The summed E-state index contributed by atoms with van der Waals surface area (Å²) in [7, 11) is 0. The van der Waals surface area contributed by atoms with E-state index in [0.717, 1.165) is 24.7 Å². The molecule has 1 aromatic rings. The van der Waals surface area contributed by atoms with Crippen LogP contribution in [-0.2, 0) is 11.3 Å². The maximum atomic E-state index is 10.4. The molecule has 0 saturated heterocycles. The fourth-order valence-electron chi connectivity index (χ4n) is 2.25. The second-order valence-electron chi connectivity index (χ2n) is 5.11. The number of aliphatic carboxylic acids is 1. The zero-order valence-electron chi connectivity index (χ0n) is 11.4. The SMILES string of the molecule is CCCN(Cc1ccc(C=CC(=O)O)cc1)C1CC1. The van der Waals surface area contributed by atoms with Crippen LogP contribution in [0.25, 0.3) is 6.08 Å².